The van der Waals surface area contributed by atoms with Crippen LogP contribution >= 0.6 is 0 Å². The van der Waals surface area contributed by atoms with Gasteiger partial charge in [0.05, 0.1) is 23.7 Å². The highest BCUT2D eigenvalue weighted by molar-refractivity contribution is 6.03. The fourth-order valence-electron chi connectivity index (χ4n) is 2.66. The molecule has 7 heteroatoms. The first kappa shape index (κ1) is 18.2. The molecule has 1 N–H and O–H groups in total. The van der Waals surface area contributed by atoms with Crippen LogP contribution < -0.4 is 10.1 Å². The summed E-state index contributed by atoms with van der Waals surface area (Å²) in [5, 5.41) is 14.1. The molecule has 0 bridgehead atoms. The second-order valence-corrected chi connectivity index (χ2v) is 6.08. The number of methoxy groups -OCH3 is 1. The SMILES string of the molecule is COc1ccc(-c2ccc(C(=O)Nc3cc(C)ccc3C)o2)c([N+](=O)[O-])c1. The van der Waals surface area contributed by atoms with Gasteiger partial charge in [0.25, 0.3) is 11.6 Å². The van der Waals surface area contributed by atoms with Crippen LogP contribution in [0.2, 0.25) is 0 Å². The Morgan fingerprint density at radius 1 is 1.11 bits per heavy atom. The molecule has 0 spiro atoms. The number of aryl methyl sites for hydroxylation is 2. The van der Waals surface area contributed by atoms with Crippen molar-refractivity contribution < 1.29 is 18.9 Å². The summed E-state index contributed by atoms with van der Waals surface area (Å²) in [7, 11) is 1.43. The van der Waals surface area contributed by atoms with Gasteiger partial charge in [-0.3, -0.25) is 14.9 Å². The van der Waals surface area contributed by atoms with Crippen molar-refractivity contribution in [2.75, 3.05) is 12.4 Å². The Bertz CT molecular complexity index is 1020. The minimum atomic E-state index is -0.518. The number of hydrogen-bond donors (Lipinski definition) is 1. The van der Waals surface area contributed by atoms with Crippen LogP contribution in [0.15, 0.2) is 52.9 Å². The number of amides is 1. The van der Waals surface area contributed by atoms with Crippen LogP contribution in [0, 0.1) is 24.0 Å². The van der Waals surface area contributed by atoms with Gasteiger partial charge in [-0.1, -0.05) is 12.1 Å². The van der Waals surface area contributed by atoms with Gasteiger partial charge in [-0.25, -0.2) is 0 Å². The van der Waals surface area contributed by atoms with Gasteiger partial charge < -0.3 is 14.5 Å². The number of carbonyl (C=O) groups excluding carboxylic acids is 1. The van der Waals surface area contributed by atoms with Gasteiger partial charge in [0.1, 0.15) is 11.5 Å². The Kier molecular flexibility index (Phi) is 4.94. The number of hydrogen-bond acceptors (Lipinski definition) is 5. The van der Waals surface area contributed by atoms with Crippen molar-refractivity contribution in [2.24, 2.45) is 0 Å². The van der Waals surface area contributed by atoms with Gasteiger partial charge in [-0.2, -0.15) is 0 Å². The molecule has 0 saturated carbocycles. The van der Waals surface area contributed by atoms with E-state index < -0.39 is 10.8 Å². The number of nitrogens with one attached hydrogen (secondary N) is 1. The Hall–Kier alpha value is -3.61. The van der Waals surface area contributed by atoms with Crippen LogP contribution in [0.25, 0.3) is 11.3 Å². The number of nitro groups is 1. The lowest BCUT2D eigenvalue weighted by Gasteiger charge is -2.08. The first-order valence-electron chi connectivity index (χ1n) is 8.20. The van der Waals surface area contributed by atoms with Gasteiger partial charge in [0.15, 0.2) is 5.76 Å². The molecule has 7 nitrogen and oxygen atoms in total. The van der Waals surface area contributed by atoms with E-state index in [-0.39, 0.29) is 22.8 Å². The van der Waals surface area contributed by atoms with E-state index in [1.54, 1.807) is 6.07 Å². The molecule has 0 unspecified atom stereocenters. The predicted molar refractivity (Wildman–Crippen MR) is 101 cm³/mol. The van der Waals surface area contributed by atoms with E-state index in [0.717, 1.165) is 11.1 Å². The average Bonchev–Trinajstić information content (AvgIpc) is 3.14. The van der Waals surface area contributed by atoms with E-state index in [2.05, 4.69) is 5.32 Å². The molecular formula is C20H18N2O5. The zero-order valence-corrected chi connectivity index (χ0v) is 15.1. The fraction of sp³-hybridized carbons (Fsp3) is 0.150. The van der Waals surface area contributed by atoms with Gasteiger partial charge in [0, 0.05) is 5.69 Å². The van der Waals surface area contributed by atoms with Crippen LogP contribution in [0.5, 0.6) is 5.75 Å². The van der Waals surface area contributed by atoms with Gasteiger partial charge >= 0.3 is 0 Å². The first-order valence-corrected chi connectivity index (χ1v) is 8.20. The van der Waals surface area contributed by atoms with E-state index in [4.69, 9.17) is 9.15 Å². The van der Waals surface area contributed by atoms with Crippen molar-refractivity contribution in [2.45, 2.75) is 13.8 Å². The molecule has 3 rings (SSSR count). The molecule has 2 aromatic carbocycles. The summed E-state index contributed by atoms with van der Waals surface area (Å²) in [6.07, 6.45) is 0. The number of rotatable bonds is 5. The standard InChI is InChI=1S/C20H18N2O5/c1-12-4-5-13(2)16(10-12)21-20(23)19-9-8-18(27-19)15-7-6-14(26-3)11-17(15)22(24)25/h4-11H,1-3H3,(H,21,23). The molecule has 0 saturated heterocycles. The van der Waals surface area contributed by atoms with E-state index in [0.29, 0.717) is 11.4 Å². The summed E-state index contributed by atoms with van der Waals surface area (Å²) >= 11 is 0. The first-order chi connectivity index (χ1) is 12.9. The molecule has 0 atom stereocenters. The largest absolute Gasteiger partial charge is 0.497 e. The Morgan fingerprint density at radius 2 is 1.89 bits per heavy atom. The minimum Gasteiger partial charge on any atom is -0.497 e. The fourth-order valence-corrected chi connectivity index (χ4v) is 2.66. The maximum Gasteiger partial charge on any atom is 0.291 e. The lowest BCUT2D eigenvalue weighted by molar-refractivity contribution is -0.384. The predicted octanol–water partition coefficient (Wildman–Crippen LogP) is 4.73. The zero-order valence-electron chi connectivity index (χ0n) is 15.1. The molecule has 0 fully saturated rings. The summed E-state index contributed by atoms with van der Waals surface area (Å²) in [6.45, 7) is 3.83. The second-order valence-electron chi connectivity index (χ2n) is 6.08. The number of ether oxygens (including phenoxy) is 1. The van der Waals surface area contributed by atoms with Crippen LogP contribution in [0.3, 0.4) is 0 Å². The Morgan fingerprint density at radius 3 is 2.59 bits per heavy atom. The van der Waals surface area contributed by atoms with E-state index in [1.165, 1.54) is 31.4 Å². The van der Waals surface area contributed by atoms with Crippen molar-refractivity contribution in [3.05, 3.63) is 75.5 Å². The average molecular weight is 366 g/mol. The summed E-state index contributed by atoms with van der Waals surface area (Å²) in [4.78, 5) is 23.3. The zero-order chi connectivity index (χ0) is 19.6. The summed E-state index contributed by atoms with van der Waals surface area (Å²) in [5.41, 5.74) is 2.74. The third-order valence-electron chi connectivity index (χ3n) is 4.14. The molecule has 138 valence electrons. The van der Waals surface area contributed by atoms with Crippen molar-refractivity contribution >= 4 is 17.3 Å². The maximum absolute atomic E-state index is 12.5. The molecule has 0 aliphatic carbocycles. The minimum absolute atomic E-state index is 0.0658. The monoisotopic (exact) mass is 366 g/mol. The van der Waals surface area contributed by atoms with Crippen LogP contribution in [-0.2, 0) is 0 Å². The molecule has 1 heterocycles. The summed E-state index contributed by atoms with van der Waals surface area (Å²) in [6, 6.07) is 13.2. The van der Waals surface area contributed by atoms with E-state index in [9.17, 15) is 14.9 Å². The number of furan rings is 1. The third kappa shape index (κ3) is 3.82. The molecule has 0 radical (unpaired) electrons. The van der Waals surface area contributed by atoms with Crippen molar-refractivity contribution in [3.63, 3.8) is 0 Å². The van der Waals surface area contributed by atoms with E-state index in [1.807, 2.05) is 32.0 Å². The summed E-state index contributed by atoms with van der Waals surface area (Å²) in [5.74, 6) is 0.238. The topological polar surface area (TPSA) is 94.6 Å². The number of carbonyl (C=O) groups is 1. The molecule has 0 aliphatic heterocycles. The van der Waals surface area contributed by atoms with E-state index >= 15 is 0 Å². The highest BCUT2D eigenvalue weighted by atomic mass is 16.6. The molecule has 0 aliphatic rings. The molecule has 1 aromatic heterocycles. The molecule has 1 amide bonds. The number of nitrogens with zero attached hydrogens (tertiary/aromatic N) is 1. The molecular weight excluding hydrogens is 348 g/mol. The van der Waals surface area contributed by atoms with Crippen LogP contribution in [0.4, 0.5) is 11.4 Å². The number of benzene rings is 2. The Balaban J connectivity index is 1.90. The highest BCUT2D eigenvalue weighted by Gasteiger charge is 2.21. The normalized spacial score (nSPS) is 10.5. The molecule has 27 heavy (non-hydrogen) atoms. The smallest absolute Gasteiger partial charge is 0.291 e. The highest BCUT2D eigenvalue weighted by Crippen LogP contribution is 2.34. The maximum atomic E-state index is 12.5. The summed E-state index contributed by atoms with van der Waals surface area (Å²) < 4.78 is 10.6. The Labute approximate surface area is 155 Å². The van der Waals surface area contributed by atoms with Crippen LogP contribution in [0.1, 0.15) is 21.7 Å². The van der Waals surface area contributed by atoms with Crippen molar-refractivity contribution in [3.8, 4) is 17.1 Å². The molecule has 3 aromatic rings. The lowest BCUT2D eigenvalue weighted by atomic mass is 10.1. The van der Waals surface area contributed by atoms with Crippen LogP contribution in [-0.4, -0.2) is 17.9 Å². The van der Waals surface area contributed by atoms with Gasteiger partial charge in [0.2, 0.25) is 0 Å². The number of anilines is 1. The number of nitro benzene ring substituents is 1. The van der Waals surface area contributed by atoms with Crippen molar-refractivity contribution in [1.82, 2.24) is 0 Å². The van der Waals surface area contributed by atoms with Gasteiger partial charge in [-0.05, 0) is 55.3 Å². The third-order valence-corrected chi connectivity index (χ3v) is 4.14. The van der Waals surface area contributed by atoms with Crippen molar-refractivity contribution in [1.29, 1.82) is 0 Å². The quantitative estimate of drug-likeness (QED) is 0.520. The van der Waals surface area contributed by atoms with Gasteiger partial charge in [-0.15, -0.1) is 0 Å². The lowest BCUT2D eigenvalue weighted by Crippen LogP contribution is -2.11. The second kappa shape index (κ2) is 7.33.